The van der Waals surface area contributed by atoms with Crippen molar-refractivity contribution in [2.24, 2.45) is 0 Å². The molecule has 0 aliphatic carbocycles. The number of nitrogens with zero attached hydrogens (tertiary/aromatic N) is 4. The Labute approximate surface area is 168 Å². The van der Waals surface area contributed by atoms with Gasteiger partial charge in [0.15, 0.2) is 0 Å². The first kappa shape index (κ1) is 18.6. The van der Waals surface area contributed by atoms with Gasteiger partial charge in [-0.3, -0.25) is 14.8 Å². The molecule has 0 bridgehead atoms. The lowest BCUT2D eigenvalue weighted by Crippen LogP contribution is -2.28. The van der Waals surface area contributed by atoms with Crippen LogP contribution in [0.3, 0.4) is 0 Å². The molecule has 0 aliphatic heterocycles. The van der Waals surface area contributed by atoms with Gasteiger partial charge in [-0.1, -0.05) is 6.08 Å². The largest absolute Gasteiger partial charge is 0.497 e. The number of carbonyl (C=O) groups excluding carboxylic acids is 1. The third kappa shape index (κ3) is 3.54. The topological polar surface area (TPSA) is 81.9 Å². The van der Waals surface area contributed by atoms with Gasteiger partial charge in [0.2, 0.25) is 0 Å². The third-order valence-electron chi connectivity index (χ3n) is 4.76. The van der Waals surface area contributed by atoms with E-state index in [2.05, 4.69) is 21.9 Å². The standard InChI is InChI=1S/C22H21N5O2/c1-4-11-27-20-13-16(29-3)6-8-18(20)26-21(27)14(2)25-22(28)15-5-7-17-19(12-15)24-10-9-23-17/h4-10,12-14H,1,11H2,2-3H3,(H,25,28). The first-order valence-corrected chi connectivity index (χ1v) is 9.27. The van der Waals surface area contributed by atoms with Crippen LogP contribution in [0.5, 0.6) is 5.75 Å². The van der Waals surface area contributed by atoms with Crippen LogP contribution >= 0.6 is 0 Å². The molecule has 7 heteroatoms. The number of ether oxygens (including phenoxy) is 1. The minimum Gasteiger partial charge on any atom is -0.497 e. The molecule has 146 valence electrons. The average molecular weight is 387 g/mol. The molecule has 2 aromatic carbocycles. The van der Waals surface area contributed by atoms with E-state index in [1.165, 1.54) is 0 Å². The minimum atomic E-state index is -0.307. The second-order valence-electron chi connectivity index (χ2n) is 6.68. The molecule has 0 saturated carbocycles. The Morgan fingerprint density at radius 1 is 1.17 bits per heavy atom. The van der Waals surface area contributed by atoms with Gasteiger partial charge in [-0.15, -0.1) is 6.58 Å². The number of hydrogen-bond acceptors (Lipinski definition) is 5. The van der Waals surface area contributed by atoms with Gasteiger partial charge in [-0.25, -0.2) is 4.98 Å². The number of benzene rings is 2. The smallest absolute Gasteiger partial charge is 0.251 e. The average Bonchev–Trinajstić information content (AvgIpc) is 3.11. The highest BCUT2D eigenvalue weighted by Crippen LogP contribution is 2.25. The van der Waals surface area contributed by atoms with Crippen molar-refractivity contribution in [1.29, 1.82) is 0 Å². The molecular formula is C22H21N5O2. The second kappa shape index (κ2) is 7.71. The van der Waals surface area contributed by atoms with Gasteiger partial charge in [0, 0.05) is 30.6 Å². The normalized spacial score (nSPS) is 12.1. The third-order valence-corrected chi connectivity index (χ3v) is 4.76. The number of aromatic nitrogens is 4. The van der Waals surface area contributed by atoms with Crippen LogP contribution in [0.4, 0.5) is 0 Å². The Balaban J connectivity index is 1.65. The summed E-state index contributed by atoms with van der Waals surface area (Å²) in [6.07, 6.45) is 5.04. The molecule has 1 amide bonds. The van der Waals surface area contributed by atoms with Crippen LogP contribution in [-0.2, 0) is 6.54 Å². The summed E-state index contributed by atoms with van der Waals surface area (Å²) >= 11 is 0. The van der Waals surface area contributed by atoms with E-state index in [0.29, 0.717) is 17.6 Å². The lowest BCUT2D eigenvalue weighted by molar-refractivity contribution is 0.0938. The van der Waals surface area contributed by atoms with Crippen molar-refractivity contribution >= 4 is 28.0 Å². The maximum atomic E-state index is 12.8. The zero-order valence-electron chi connectivity index (χ0n) is 16.3. The highest BCUT2D eigenvalue weighted by Gasteiger charge is 2.19. The van der Waals surface area contributed by atoms with E-state index in [-0.39, 0.29) is 11.9 Å². The lowest BCUT2D eigenvalue weighted by atomic mass is 10.1. The van der Waals surface area contributed by atoms with Gasteiger partial charge < -0.3 is 14.6 Å². The molecule has 1 N–H and O–H groups in total. The van der Waals surface area contributed by atoms with Gasteiger partial charge in [0.1, 0.15) is 11.6 Å². The molecule has 2 heterocycles. The summed E-state index contributed by atoms with van der Waals surface area (Å²) in [5.74, 6) is 1.31. The summed E-state index contributed by atoms with van der Waals surface area (Å²) in [5, 5.41) is 3.03. The number of fused-ring (bicyclic) bond motifs is 2. The molecule has 0 saturated heterocycles. The number of rotatable bonds is 6. The monoisotopic (exact) mass is 387 g/mol. The Morgan fingerprint density at radius 3 is 2.69 bits per heavy atom. The summed E-state index contributed by atoms with van der Waals surface area (Å²) in [7, 11) is 1.63. The van der Waals surface area contributed by atoms with Crippen LogP contribution in [0.2, 0.25) is 0 Å². The number of amides is 1. The Bertz CT molecular complexity index is 1210. The fraction of sp³-hybridized carbons (Fsp3) is 0.182. The predicted octanol–water partition coefficient (Wildman–Crippen LogP) is 3.67. The predicted molar refractivity (Wildman–Crippen MR) is 112 cm³/mol. The number of allylic oxidation sites excluding steroid dienone is 1. The SMILES string of the molecule is C=CCn1c(C(C)NC(=O)c2ccc3nccnc3c2)nc2ccc(OC)cc21. The number of nitrogens with one attached hydrogen (secondary N) is 1. The maximum Gasteiger partial charge on any atom is 0.251 e. The molecule has 2 aromatic heterocycles. The van der Waals surface area contributed by atoms with Crippen molar-refractivity contribution in [3.8, 4) is 5.75 Å². The van der Waals surface area contributed by atoms with Gasteiger partial charge in [0.05, 0.1) is 35.2 Å². The van der Waals surface area contributed by atoms with Crippen molar-refractivity contribution in [3.63, 3.8) is 0 Å². The van der Waals surface area contributed by atoms with Crippen molar-refractivity contribution in [2.45, 2.75) is 19.5 Å². The van der Waals surface area contributed by atoms with E-state index in [4.69, 9.17) is 9.72 Å². The van der Waals surface area contributed by atoms with Gasteiger partial charge in [-0.05, 0) is 37.3 Å². The summed E-state index contributed by atoms with van der Waals surface area (Å²) in [6.45, 7) is 6.33. The van der Waals surface area contributed by atoms with E-state index in [0.717, 1.165) is 28.1 Å². The maximum absolute atomic E-state index is 12.8. The minimum absolute atomic E-state index is 0.195. The molecule has 4 rings (SSSR count). The molecule has 1 atom stereocenters. The van der Waals surface area contributed by atoms with Gasteiger partial charge in [0.25, 0.3) is 5.91 Å². The van der Waals surface area contributed by atoms with E-state index >= 15 is 0 Å². The fourth-order valence-electron chi connectivity index (χ4n) is 3.35. The molecule has 7 nitrogen and oxygen atoms in total. The van der Waals surface area contributed by atoms with E-state index < -0.39 is 0 Å². The molecule has 0 aliphatic rings. The number of carbonyl (C=O) groups is 1. The van der Waals surface area contributed by atoms with Crippen LogP contribution in [-0.4, -0.2) is 32.5 Å². The molecule has 4 aromatic rings. The highest BCUT2D eigenvalue weighted by molar-refractivity contribution is 5.97. The fourth-order valence-corrected chi connectivity index (χ4v) is 3.35. The van der Waals surface area contributed by atoms with Crippen molar-refractivity contribution in [2.75, 3.05) is 7.11 Å². The van der Waals surface area contributed by atoms with Crippen LogP contribution in [0, 0.1) is 0 Å². The molecular weight excluding hydrogens is 366 g/mol. The van der Waals surface area contributed by atoms with Crippen LogP contribution in [0.1, 0.15) is 29.1 Å². The number of imidazole rings is 1. The molecule has 29 heavy (non-hydrogen) atoms. The first-order valence-electron chi connectivity index (χ1n) is 9.27. The number of hydrogen-bond donors (Lipinski definition) is 1. The van der Waals surface area contributed by atoms with Crippen molar-refractivity contribution < 1.29 is 9.53 Å². The second-order valence-corrected chi connectivity index (χ2v) is 6.68. The zero-order chi connectivity index (χ0) is 20.4. The van der Waals surface area contributed by atoms with Crippen molar-refractivity contribution in [1.82, 2.24) is 24.8 Å². The molecule has 1 unspecified atom stereocenters. The quantitative estimate of drug-likeness (QED) is 0.511. The van der Waals surface area contributed by atoms with Crippen LogP contribution < -0.4 is 10.1 Å². The van der Waals surface area contributed by atoms with Crippen LogP contribution in [0.25, 0.3) is 22.1 Å². The summed E-state index contributed by atoms with van der Waals surface area (Å²) < 4.78 is 7.36. The van der Waals surface area contributed by atoms with Gasteiger partial charge in [-0.2, -0.15) is 0 Å². The van der Waals surface area contributed by atoms with E-state index in [1.54, 1.807) is 43.8 Å². The van der Waals surface area contributed by atoms with Crippen LogP contribution in [0.15, 0.2) is 61.4 Å². The summed E-state index contributed by atoms with van der Waals surface area (Å²) in [6, 6.07) is 10.7. The van der Waals surface area contributed by atoms with E-state index in [1.807, 2.05) is 29.7 Å². The first-order chi connectivity index (χ1) is 14.1. The Morgan fingerprint density at radius 2 is 1.93 bits per heavy atom. The lowest BCUT2D eigenvalue weighted by Gasteiger charge is -2.15. The molecule has 0 spiro atoms. The Hall–Kier alpha value is -3.74. The van der Waals surface area contributed by atoms with E-state index in [9.17, 15) is 4.79 Å². The highest BCUT2D eigenvalue weighted by atomic mass is 16.5. The number of methoxy groups -OCH3 is 1. The molecule has 0 radical (unpaired) electrons. The Kier molecular flexibility index (Phi) is 4.95. The van der Waals surface area contributed by atoms with Crippen molar-refractivity contribution in [3.05, 3.63) is 72.8 Å². The summed E-state index contributed by atoms with van der Waals surface area (Å²) in [5.41, 5.74) is 3.72. The van der Waals surface area contributed by atoms with Gasteiger partial charge >= 0.3 is 0 Å². The zero-order valence-corrected chi connectivity index (χ0v) is 16.3. The molecule has 0 fully saturated rings. The summed E-state index contributed by atoms with van der Waals surface area (Å²) in [4.78, 5) is 26.0.